The Morgan fingerprint density at radius 2 is 2.06 bits per heavy atom. The van der Waals surface area contributed by atoms with E-state index in [4.69, 9.17) is 4.74 Å². The third kappa shape index (κ3) is 3.99. The number of hydrogen-bond donors (Lipinski definition) is 1. The van der Waals surface area contributed by atoms with Crippen LogP contribution in [0, 0.1) is 0 Å². The highest BCUT2D eigenvalue weighted by atomic mass is 79.9. The summed E-state index contributed by atoms with van der Waals surface area (Å²) in [5, 5.41) is 3.28. The average Bonchev–Trinajstić information content (AvgIpc) is 2.29. The molecule has 1 unspecified atom stereocenters. The highest BCUT2D eigenvalue weighted by molar-refractivity contribution is 9.11. The molecule has 0 aliphatic heterocycles. The first-order valence-electron chi connectivity index (χ1n) is 5.40. The third-order valence-corrected chi connectivity index (χ3v) is 2.66. The molecule has 0 saturated carbocycles. The summed E-state index contributed by atoms with van der Waals surface area (Å²) >= 11 is 3.26. The molecule has 88 valence electrons. The fourth-order valence-electron chi connectivity index (χ4n) is 1.56. The Balaban J connectivity index is 2.63. The predicted octanol–water partition coefficient (Wildman–Crippen LogP) is 3.64. The first-order chi connectivity index (χ1) is 7.67. The number of halogens is 1. The fourth-order valence-corrected chi connectivity index (χ4v) is 1.68. The Hall–Kier alpha value is -0.800. The maximum atomic E-state index is 5.50. The van der Waals surface area contributed by atoms with Crippen LogP contribution < -0.4 is 10.1 Å². The molecule has 3 heteroatoms. The molecule has 1 aromatic carbocycles. The summed E-state index contributed by atoms with van der Waals surface area (Å²) in [6, 6.07) is 8.59. The molecule has 0 aliphatic carbocycles. The SMILES string of the molecule is C=C(Br)COc1ccc(C(CC)NC)cc1. The van der Waals surface area contributed by atoms with Gasteiger partial charge in [-0.25, -0.2) is 0 Å². The van der Waals surface area contributed by atoms with Gasteiger partial charge in [-0.1, -0.05) is 41.6 Å². The first kappa shape index (κ1) is 13.3. The number of ether oxygens (including phenoxy) is 1. The maximum Gasteiger partial charge on any atom is 0.119 e. The zero-order valence-electron chi connectivity index (χ0n) is 9.79. The van der Waals surface area contributed by atoms with Gasteiger partial charge in [0, 0.05) is 10.5 Å². The van der Waals surface area contributed by atoms with Crippen molar-refractivity contribution in [3.63, 3.8) is 0 Å². The zero-order valence-corrected chi connectivity index (χ0v) is 11.4. The van der Waals surface area contributed by atoms with E-state index in [9.17, 15) is 0 Å². The molecule has 0 aliphatic rings. The van der Waals surface area contributed by atoms with Crippen LogP contribution in [0.15, 0.2) is 35.3 Å². The summed E-state index contributed by atoms with van der Waals surface area (Å²) in [7, 11) is 1.98. The smallest absolute Gasteiger partial charge is 0.119 e. The van der Waals surface area contributed by atoms with Crippen LogP contribution in [0.4, 0.5) is 0 Å². The molecule has 0 heterocycles. The Kier molecular flexibility index (Phi) is 5.56. The summed E-state index contributed by atoms with van der Waals surface area (Å²) in [5.41, 5.74) is 1.29. The second-order valence-corrected chi connectivity index (χ2v) is 4.75. The second kappa shape index (κ2) is 6.71. The normalized spacial score (nSPS) is 12.2. The highest BCUT2D eigenvalue weighted by Gasteiger charge is 2.05. The van der Waals surface area contributed by atoms with E-state index < -0.39 is 0 Å². The molecule has 1 N–H and O–H groups in total. The minimum atomic E-state index is 0.417. The van der Waals surface area contributed by atoms with Crippen LogP contribution in [0.5, 0.6) is 5.75 Å². The molecule has 0 amide bonds. The van der Waals surface area contributed by atoms with Gasteiger partial charge in [0.2, 0.25) is 0 Å². The van der Waals surface area contributed by atoms with Crippen LogP contribution in [0.25, 0.3) is 0 Å². The van der Waals surface area contributed by atoms with Gasteiger partial charge >= 0.3 is 0 Å². The number of rotatable bonds is 6. The molecule has 0 spiro atoms. The molecule has 2 nitrogen and oxygen atoms in total. The lowest BCUT2D eigenvalue weighted by atomic mass is 10.1. The van der Waals surface area contributed by atoms with Crippen molar-refractivity contribution < 1.29 is 4.74 Å². The van der Waals surface area contributed by atoms with Gasteiger partial charge in [-0.15, -0.1) is 0 Å². The van der Waals surface area contributed by atoms with Crippen LogP contribution in [-0.2, 0) is 0 Å². The fraction of sp³-hybridized carbons (Fsp3) is 0.385. The van der Waals surface area contributed by atoms with Gasteiger partial charge in [0.1, 0.15) is 12.4 Å². The van der Waals surface area contributed by atoms with Gasteiger partial charge in [0.25, 0.3) is 0 Å². The number of nitrogens with one attached hydrogen (secondary N) is 1. The molecule has 0 radical (unpaired) electrons. The lowest BCUT2D eigenvalue weighted by molar-refractivity contribution is 0.360. The van der Waals surface area contributed by atoms with Crippen molar-refractivity contribution in [3.05, 3.63) is 40.9 Å². The third-order valence-electron chi connectivity index (χ3n) is 2.43. The minimum Gasteiger partial charge on any atom is -0.488 e. The summed E-state index contributed by atoms with van der Waals surface area (Å²) in [4.78, 5) is 0. The lowest BCUT2D eigenvalue weighted by Gasteiger charge is -2.14. The molecule has 1 aromatic rings. The van der Waals surface area contributed by atoms with Crippen molar-refractivity contribution in [1.82, 2.24) is 5.32 Å². The molecule has 0 bridgehead atoms. The van der Waals surface area contributed by atoms with Crippen LogP contribution in [0.1, 0.15) is 24.9 Å². The Morgan fingerprint density at radius 1 is 1.44 bits per heavy atom. The van der Waals surface area contributed by atoms with Crippen LogP contribution >= 0.6 is 15.9 Å². The van der Waals surface area contributed by atoms with Gasteiger partial charge in [-0.05, 0) is 31.2 Å². The number of benzene rings is 1. The standard InChI is InChI=1S/C13H18BrNO/c1-4-13(15-3)11-5-7-12(8-6-11)16-9-10(2)14/h5-8,13,15H,2,4,9H2,1,3H3. The van der Waals surface area contributed by atoms with E-state index in [-0.39, 0.29) is 0 Å². The van der Waals surface area contributed by atoms with E-state index in [2.05, 4.69) is 46.9 Å². The van der Waals surface area contributed by atoms with Gasteiger partial charge < -0.3 is 10.1 Å². The number of hydrogen-bond acceptors (Lipinski definition) is 2. The van der Waals surface area contributed by atoms with Crippen LogP contribution in [-0.4, -0.2) is 13.7 Å². The van der Waals surface area contributed by atoms with Crippen molar-refractivity contribution in [2.45, 2.75) is 19.4 Å². The Morgan fingerprint density at radius 3 is 2.50 bits per heavy atom. The van der Waals surface area contributed by atoms with Crippen molar-refractivity contribution in [3.8, 4) is 5.75 Å². The van der Waals surface area contributed by atoms with E-state index in [1.54, 1.807) is 0 Å². The zero-order chi connectivity index (χ0) is 12.0. The molecular weight excluding hydrogens is 266 g/mol. The lowest BCUT2D eigenvalue weighted by Crippen LogP contribution is -2.14. The summed E-state index contributed by atoms with van der Waals surface area (Å²) < 4.78 is 6.35. The van der Waals surface area contributed by atoms with E-state index in [1.165, 1.54) is 5.56 Å². The molecule has 1 rings (SSSR count). The van der Waals surface area contributed by atoms with Gasteiger partial charge in [-0.2, -0.15) is 0 Å². The van der Waals surface area contributed by atoms with E-state index in [0.717, 1.165) is 16.7 Å². The first-order valence-corrected chi connectivity index (χ1v) is 6.20. The van der Waals surface area contributed by atoms with Crippen LogP contribution in [0.3, 0.4) is 0 Å². The Labute approximate surface area is 106 Å². The van der Waals surface area contributed by atoms with Gasteiger partial charge in [-0.3, -0.25) is 0 Å². The van der Waals surface area contributed by atoms with Crippen molar-refractivity contribution >= 4 is 15.9 Å². The maximum absolute atomic E-state index is 5.50. The highest BCUT2D eigenvalue weighted by Crippen LogP contribution is 2.20. The molecule has 0 saturated heterocycles. The summed E-state index contributed by atoms with van der Waals surface area (Å²) in [6.07, 6.45) is 1.08. The molecule has 1 atom stereocenters. The van der Waals surface area contributed by atoms with Crippen LogP contribution in [0.2, 0.25) is 0 Å². The molecule has 16 heavy (non-hydrogen) atoms. The van der Waals surface area contributed by atoms with Crippen molar-refractivity contribution in [2.75, 3.05) is 13.7 Å². The molecular formula is C13H18BrNO. The minimum absolute atomic E-state index is 0.417. The van der Waals surface area contributed by atoms with E-state index >= 15 is 0 Å². The van der Waals surface area contributed by atoms with E-state index in [0.29, 0.717) is 12.6 Å². The van der Waals surface area contributed by atoms with Crippen molar-refractivity contribution in [2.24, 2.45) is 0 Å². The monoisotopic (exact) mass is 283 g/mol. The summed E-state index contributed by atoms with van der Waals surface area (Å²) in [5.74, 6) is 0.871. The summed E-state index contributed by atoms with van der Waals surface area (Å²) in [6.45, 7) is 6.39. The molecule has 0 aromatic heterocycles. The average molecular weight is 284 g/mol. The predicted molar refractivity (Wildman–Crippen MR) is 72.1 cm³/mol. The second-order valence-electron chi connectivity index (χ2n) is 3.62. The largest absolute Gasteiger partial charge is 0.488 e. The van der Waals surface area contributed by atoms with E-state index in [1.807, 2.05) is 19.2 Å². The van der Waals surface area contributed by atoms with Gasteiger partial charge in [0.05, 0.1) is 0 Å². The van der Waals surface area contributed by atoms with Gasteiger partial charge in [0.15, 0.2) is 0 Å². The quantitative estimate of drug-likeness (QED) is 0.861. The Bertz CT molecular complexity index is 330. The molecule has 0 fully saturated rings. The van der Waals surface area contributed by atoms with Crippen molar-refractivity contribution in [1.29, 1.82) is 0 Å². The topological polar surface area (TPSA) is 21.3 Å².